The number of pyridine rings is 1. The summed E-state index contributed by atoms with van der Waals surface area (Å²) in [5.41, 5.74) is 8.24. The van der Waals surface area contributed by atoms with E-state index in [-0.39, 0.29) is 5.82 Å². The number of fused-ring (bicyclic) bond motifs is 3. The second-order valence-electron chi connectivity index (χ2n) is 4.03. The lowest BCUT2D eigenvalue weighted by Gasteiger charge is -2.32. The first-order valence-corrected chi connectivity index (χ1v) is 5.19. The van der Waals surface area contributed by atoms with Crippen LogP contribution < -0.4 is 10.6 Å². The van der Waals surface area contributed by atoms with Gasteiger partial charge in [0, 0.05) is 30.0 Å². The molecule has 88 valence electrons. The van der Waals surface area contributed by atoms with E-state index < -0.39 is 12.9 Å². The van der Waals surface area contributed by atoms with Crippen LogP contribution in [0.15, 0.2) is 12.3 Å². The van der Waals surface area contributed by atoms with E-state index >= 15 is 0 Å². The molecule has 6 heteroatoms. The van der Waals surface area contributed by atoms with Crippen LogP contribution in [0.25, 0.3) is 11.3 Å². The van der Waals surface area contributed by atoms with Gasteiger partial charge < -0.3 is 10.6 Å². The van der Waals surface area contributed by atoms with Crippen molar-refractivity contribution >= 4 is 11.5 Å². The molecule has 0 saturated carbocycles. The molecule has 3 heterocycles. The van der Waals surface area contributed by atoms with Gasteiger partial charge in [0.25, 0.3) is 0 Å². The molecule has 17 heavy (non-hydrogen) atoms. The number of rotatable bonds is 0. The van der Waals surface area contributed by atoms with Crippen molar-refractivity contribution in [1.82, 2.24) is 20.0 Å². The molecule has 0 amide bonds. The molecule has 0 spiro atoms. The van der Waals surface area contributed by atoms with Gasteiger partial charge in [0.2, 0.25) is 0 Å². The van der Waals surface area contributed by atoms with E-state index in [2.05, 4.69) is 15.2 Å². The van der Waals surface area contributed by atoms with Crippen molar-refractivity contribution in [3.63, 3.8) is 0 Å². The van der Waals surface area contributed by atoms with E-state index in [0.29, 0.717) is 17.1 Å². The molecule has 0 fully saturated rings. The molecule has 0 radical (unpaired) electrons. The lowest BCUT2D eigenvalue weighted by atomic mass is 9.99. The predicted molar refractivity (Wildman–Crippen MR) is 65.5 cm³/mol. The molecule has 3 rings (SSSR count). The van der Waals surface area contributed by atoms with E-state index in [1.165, 1.54) is 4.80 Å². The number of aryl methyl sites for hydroxylation is 1. The van der Waals surface area contributed by atoms with Crippen molar-refractivity contribution < 1.29 is 4.11 Å². The molecule has 2 N–H and O–H groups in total. The summed E-state index contributed by atoms with van der Waals surface area (Å²) in [7, 11) is 3.35. The minimum absolute atomic E-state index is 0.288. The van der Waals surface area contributed by atoms with Gasteiger partial charge in [0.05, 0.1) is 11.7 Å². The van der Waals surface area contributed by atoms with Crippen LogP contribution in [0.2, 0.25) is 0 Å². The first kappa shape index (κ1) is 7.26. The van der Waals surface area contributed by atoms with E-state index in [9.17, 15) is 0 Å². The van der Waals surface area contributed by atoms with E-state index in [1.54, 1.807) is 31.3 Å². The quantitative estimate of drug-likeness (QED) is 0.734. The Morgan fingerprint density at radius 1 is 1.41 bits per heavy atom. The van der Waals surface area contributed by atoms with Gasteiger partial charge in [-0.2, -0.15) is 15.0 Å². The highest BCUT2D eigenvalue weighted by molar-refractivity contribution is 5.87. The molecule has 0 aliphatic carbocycles. The minimum atomic E-state index is -2.24. The summed E-state index contributed by atoms with van der Waals surface area (Å²) in [6.07, 6.45) is 1.58. The normalized spacial score (nSPS) is 21.2. The highest BCUT2D eigenvalue weighted by Gasteiger charge is 2.31. The number of aromatic nitrogens is 4. The summed E-state index contributed by atoms with van der Waals surface area (Å²) < 4.78 is 23.3. The molecular weight excluding hydrogens is 216 g/mol. The molecule has 1 aliphatic rings. The third kappa shape index (κ3) is 1.23. The van der Waals surface area contributed by atoms with Gasteiger partial charge in [-0.25, -0.2) is 4.98 Å². The smallest absolute Gasteiger partial charge is 0.147 e. The number of hydrogen-bond donors (Lipinski definition) is 1. The van der Waals surface area contributed by atoms with Crippen LogP contribution in [0, 0.1) is 0 Å². The Bertz CT molecular complexity index is 677. The van der Waals surface area contributed by atoms with Crippen LogP contribution in [0.4, 0.5) is 11.5 Å². The maximum atomic E-state index is 7.76. The van der Waals surface area contributed by atoms with Crippen molar-refractivity contribution in [3.8, 4) is 11.3 Å². The van der Waals surface area contributed by atoms with Crippen LogP contribution in [-0.4, -0.2) is 27.0 Å². The van der Waals surface area contributed by atoms with E-state index in [1.807, 2.05) is 0 Å². The largest absolute Gasteiger partial charge is 0.382 e. The van der Waals surface area contributed by atoms with Crippen molar-refractivity contribution in [2.75, 3.05) is 17.7 Å². The van der Waals surface area contributed by atoms with Crippen LogP contribution >= 0.6 is 0 Å². The third-order valence-electron chi connectivity index (χ3n) is 2.95. The molecule has 1 atom stereocenters. The Morgan fingerprint density at radius 2 is 2.24 bits per heavy atom. The van der Waals surface area contributed by atoms with Crippen molar-refractivity contribution in [2.24, 2.45) is 7.05 Å². The van der Waals surface area contributed by atoms with Crippen LogP contribution in [0.1, 0.15) is 22.7 Å². The fourth-order valence-electron chi connectivity index (χ4n) is 2.14. The van der Waals surface area contributed by atoms with Gasteiger partial charge in [-0.1, -0.05) is 0 Å². The molecule has 0 bridgehead atoms. The maximum Gasteiger partial charge on any atom is 0.147 e. The SMILES string of the molecule is [2H]C([2H])([2H])C1c2nn(C)nc2-c2ccnc(N)c2N1C. The summed E-state index contributed by atoms with van der Waals surface area (Å²) in [4.78, 5) is 7.03. The average Bonchev–Trinajstić information content (AvgIpc) is 2.68. The minimum Gasteiger partial charge on any atom is -0.382 e. The molecule has 0 saturated heterocycles. The number of anilines is 2. The molecule has 2 aromatic rings. The fourth-order valence-corrected chi connectivity index (χ4v) is 2.14. The number of nitrogen functional groups attached to an aromatic ring is 1. The second-order valence-corrected chi connectivity index (χ2v) is 4.03. The van der Waals surface area contributed by atoms with Gasteiger partial charge >= 0.3 is 0 Å². The Hall–Kier alpha value is -2.11. The summed E-state index contributed by atoms with van der Waals surface area (Å²) in [6.45, 7) is -2.24. The molecule has 0 aromatic carbocycles. The number of nitrogens with two attached hydrogens (primary N) is 1. The summed E-state index contributed by atoms with van der Waals surface area (Å²) >= 11 is 0. The van der Waals surface area contributed by atoms with Gasteiger partial charge in [0.15, 0.2) is 0 Å². The highest BCUT2D eigenvalue weighted by atomic mass is 15.5. The first-order valence-electron chi connectivity index (χ1n) is 6.69. The predicted octanol–water partition coefficient (Wildman–Crippen LogP) is 0.970. The van der Waals surface area contributed by atoms with Crippen LogP contribution in [0.3, 0.4) is 0 Å². The van der Waals surface area contributed by atoms with Crippen LogP contribution in [-0.2, 0) is 7.05 Å². The van der Waals surface area contributed by atoms with Crippen molar-refractivity contribution in [3.05, 3.63) is 18.0 Å². The Kier molecular flexibility index (Phi) is 1.36. The third-order valence-corrected chi connectivity index (χ3v) is 2.95. The fraction of sp³-hybridized carbons (Fsp3) is 0.364. The zero-order valence-corrected chi connectivity index (χ0v) is 9.55. The highest BCUT2D eigenvalue weighted by Crippen LogP contribution is 2.43. The maximum absolute atomic E-state index is 7.76. The lowest BCUT2D eigenvalue weighted by molar-refractivity contribution is 0.625. The summed E-state index contributed by atoms with van der Waals surface area (Å²) in [5.74, 6) is 0.288. The van der Waals surface area contributed by atoms with Gasteiger partial charge in [-0.05, 0) is 12.9 Å². The first-order chi connectivity index (χ1) is 9.30. The van der Waals surface area contributed by atoms with Gasteiger partial charge in [-0.15, -0.1) is 0 Å². The van der Waals surface area contributed by atoms with Gasteiger partial charge in [-0.3, -0.25) is 0 Å². The molecular formula is C11H14N6. The van der Waals surface area contributed by atoms with Crippen molar-refractivity contribution in [1.29, 1.82) is 0 Å². The zero-order valence-electron chi connectivity index (χ0n) is 12.5. The summed E-state index contributed by atoms with van der Waals surface area (Å²) in [5, 5.41) is 8.50. The monoisotopic (exact) mass is 233 g/mol. The van der Waals surface area contributed by atoms with E-state index in [0.717, 1.165) is 5.56 Å². The second kappa shape index (κ2) is 3.19. The van der Waals surface area contributed by atoms with E-state index in [4.69, 9.17) is 9.85 Å². The zero-order chi connectivity index (χ0) is 14.7. The van der Waals surface area contributed by atoms with Crippen molar-refractivity contribution in [2.45, 2.75) is 12.9 Å². The Labute approximate surface area is 103 Å². The Morgan fingerprint density at radius 3 is 3.00 bits per heavy atom. The number of hydrogen-bond acceptors (Lipinski definition) is 5. The van der Waals surface area contributed by atoms with Gasteiger partial charge in [0.1, 0.15) is 17.2 Å². The standard InChI is InChI=1S/C11H14N6/c1-6-8-9(15-17(3)14-8)7-4-5-13-11(12)10(7)16(6)2/h4-6H,1-3H3,(H2,12,13)/i1D3. The number of nitrogens with zero attached hydrogens (tertiary/aromatic N) is 5. The molecule has 2 aromatic heterocycles. The average molecular weight is 233 g/mol. The molecule has 1 aliphatic heterocycles. The lowest BCUT2D eigenvalue weighted by Crippen LogP contribution is -2.27. The van der Waals surface area contributed by atoms with Crippen LogP contribution in [0.5, 0.6) is 0 Å². The molecule has 1 unspecified atom stereocenters. The molecule has 6 nitrogen and oxygen atoms in total. The summed E-state index contributed by atoms with van der Waals surface area (Å²) in [6, 6.07) is 0.885. The Balaban J connectivity index is 2.33. The topological polar surface area (TPSA) is 72.9 Å².